The molecule has 1 atom stereocenters. The molecule has 346 valence electrons. The number of amides is 3. The van der Waals surface area contributed by atoms with Crippen molar-refractivity contribution in [1.29, 1.82) is 0 Å². The van der Waals surface area contributed by atoms with Gasteiger partial charge in [-0.05, 0) is 166 Å². The van der Waals surface area contributed by atoms with E-state index in [0.29, 0.717) is 24.2 Å². The van der Waals surface area contributed by atoms with Crippen molar-refractivity contribution in [2.75, 3.05) is 39.3 Å². The summed E-state index contributed by atoms with van der Waals surface area (Å²) in [6.45, 7) is 7.52. The summed E-state index contributed by atoms with van der Waals surface area (Å²) >= 11 is 0. The molecule has 0 spiro atoms. The minimum absolute atomic E-state index is 0.161. The fraction of sp³-hybridized carbons (Fsp3) is 0.434. The van der Waals surface area contributed by atoms with Gasteiger partial charge in [0.05, 0.1) is 22.7 Å². The van der Waals surface area contributed by atoms with Crippen molar-refractivity contribution >= 4 is 50.7 Å². The Morgan fingerprint density at radius 2 is 1.46 bits per heavy atom. The lowest BCUT2D eigenvalue weighted by atomic mass is 9.82. The number of aryl methyl sites for hydroxylation is 2. The van der Waals surface area contributed by atoms with Gasteiger partial charge in [-0.3, -0.25) is 43.7 Å². The number of fused-ring (bicyclic) bond motifs is 3. The fourth-order valence-electron chi connectivity index (χ4n) is 11.7. The van der Waals surface area contributed by atoms with Crippen LogP contribution in [0.5, 0.6) is 0 Å². The van der Waals surface area contributed by atoms with Gasteiger partial charge in [-0.1, -0.05) is 24.3 Å². The van der Waals surface area contributed by atoms with E-state index in [1.165, 1.54) is 47.0 Å². The summed E-state index contributed by atoms with van der Waals surface area (Å²) in [4.78, 5) is 63.2. The number of carbonyl (C=O) groups is 3. The molecule has 4 aliphatic rings. The number of benzene rings is 3. The smallest absolute Gasteiger partial charge is 0.329 e. The van der Waals surface area contributed by atoms with Gasteiger partial charge >= 0.3 is 5.69 Å². The summed E-state index contributed by atoms with van der Waals surface area (Å²) < 4.78 is 5.40. The van der Waals surface area contributed by atoms with Crippen LogP contribution in [0.15, 0.2) is 90.0 Å². The Hall–Kier alpha value is -6.38. The van der Waals surface area contributed by atoms with Crippen molar-refractivity contribution in [2.24, 2.45) is 25.9 Å². The largest absolute Gasteiger partial charge is 0.339 e. The number of rotatable bonds is 10. The monoisotopic (exact) mass is 900 g/mol. The SMILES string of the molecule is Cn1c(CN2CCC(c3ccc(C(=O)N4CCC(CC5CCN(Cc6ccc7c(c6)n(C)c(=O)n7C6CCC(=O)NC6=O)CC5)CC4)cc3)CC2)cc2c(-c3ccc4[nH]ncc4c3)ccnc21. The summed E-state index contributed by atoms with van der Waals surface area (Å²) in [5, 5.41) is 11.9. The van der Waals surface area contributed by atoms with Crippen LogP contribution < -0.4 is 11.0 Å². The molecular weight excluding hydrogens is 841 g/mol. The third-order valence-electron chi connectivity index (χ3n) is 15.7. The maximum Gasteiger partial charge on any atom is 0.329 e. The van der Waals surface area contributed by atoms with E-state index in [-0.39, 0.29) is 23.9 Å². The first-order valence-corrected chi connectivity index (χ1v) is 24.4. The lowest BCUT2D eigenvalue weighted by Gasteiger charge is -2.37. The van der Waals surface area contributed by atoms with Gasteiger partial charge in [-0.15, -0.1) is 0 Å². The first-order valence-electron chi connectivity index (χ1n) is 24.4. The maximum atomic E-state index is 13.7. The number of carbonyl (C=O) groups excluding carboxylic acids is 3. The first-order chi connectivity index (χ1) is 32.6. The number of imidazole rings is 1. The van der Waals surface area contributed by atoms with Crippen LogP contribution in [0.25, 0.3) is 44.1 Å². The Morgan fingerprint density at radius 3 is 2.22 bits per heavy atom. The van der Waals surface area contributed by atoms with Gasteiger partial charge in [-0.25, -0.2) is 9.78 Å². The van der Waals surface area contributed by atoms with Crippen LogP contribution in [0.3, 0.4) is 0 Å². The van der Waals surface area contributed by atoms with Gasteiger partial charge < -0.3 is 9.47 Å². The van der Waals surface area contributed by atoms with Crippen LogP contribution in [0, 0.1) is 11.8 Å². The molecule has 67 heavy (non-hydrogen) atoms. The molecule has 4 fully saturated rings. The van der Waals surface area contributed by atoms with Crippen LogP contribution in [0.1, 0.15) is 96.9 Å². The number of nitrogens with zero attached hydrogens (tertiary/aromatic N) is 8. The Bertz CT molecular complexity index is 3050. The molecule has 0 saturated carbocycles. The van der Waals surface area contributed by atoms with Crippen molar-refractivity contribution < 1.29 is 14.4 Å². The minimum Gasteiger partial charge on any atom is -0.339 e. The normalized spacial score (nSPS) is 19.9. The Morgan fingerprint density at radius 1 is 0.731 bits per heavy atom. The molecule has 3 aromatic carbocycles. The highest BCUT2D eigenvalue weighted by atomic mass is 16.2. The van der Waals surface area contributed by atoms with E-state index in [0.717, 1.165) is 117 Å². The molecule has 0 bridgehead atoms. The second kappa shape index (κ2) is 18.0. The molecule has 4 saturated heterocycles. The van der Waals surface area contributed by atoms with E-state index in [2.05, 4.69) is 109 Å². The molecule has 11 rings (SSSR count). The number of H-pyrrole nitrogens is 1. The third kappa shape index (κ3) is 8.50. The number of hydrogen-bond acceptors (Lipinski definition) is 8. The number of hydrogen-bond donors (Lipinski definition) is 2. The predicted octanol–water partition coefficient (Wildman–Crippen LogP) is 7.28. The second-order valence-electron chi connectivity index (χ2n) is 19.8. The lowest BCUT2D eigenvalue weighted by Crippen LogP contribution is -2.44. The number of piperidine rings is 4. The zero-order chi connectivity index (χ0) is 45.8. The van der Waals surface area contributed by atoms with Crippen LogP contribution in [-0.4, -0.2) is 101 Å². The number of likely N-dealkylation sites (tertiary alicyclic amines) is 3. The molecule has 4 aliphatic heterocycles. The highest BCUT2D eigenvalue weighted by Gasteiger charge is 2.32. The number of imide groups is 1. The van der Waals surface area contributed by atoms with Crippen molar-refractivity contribution in [1.82, 2.24) is 48.9 Å². The van der Waals surface area contributed by atoms with Gasteiger partial charge in [0.1, 0.15) is 11.7 Å². The zero-order valence-corrected chi connectivity index (χ0v) is 38.6. The van der Waals surface area contributed by atoms with E-state index in [1.807, 2.05) is 18.5 Å². The zero-order valence-electron chi connectivity index (χ0n) is 38.6. The quantitative estimate of drug-likeness (QED) is 0.136. The highest BCUT2D eigenvalue weighted by Crippen LogP contribution is 2.35. The average molecular weight is 901 g/mol. The summed E-state index contributed by atoms with van der Waals surface area (Å²) in [6.07, 6.45) is 12.3. The Labute approximate surface area is 389 Å². The predicted molar refractivity (Wildman–Crippen MR) is 259 cm³/mol. The molecule has 0 aliphatic carbocycles. The molecule has 1 unspecified atom stereocenters. The van der Waals surface area contributed by atoms with E-state index in [1.54, 1.807) is 16.2 Å². The van der Waals surface area contributed by atoms with Crippen molar-refractivity contribution in [3.05, 3.63) is 118 Å². The molecule has 8 heterocycles. The summed E-state index contributed by atoms with van der Waals surface area (Å²) in [5.74, 6) is 1.31. The minimum atomic E-state index is -0.677. The van der Waals surface area contributed by atoms with Gasteiger partial charge in [-0.2, -0.15) is 5.10 Å². The number of aromatic amines is 1. The third-order valence-corrected chi connectivity index (χ3v) is 15.7. The standard InChI is InChI=1S/C53H60N10O4/c1-58-42(30-44-43(13-20-54-50(44)58)40-8-9-45-41(29-40)31-55-57-45)33-61-23-18-38(19-24-61)37-4-6-39(7-5-37)52(66)62-25-16-35(17-26-62)27-34-14-21-60(22-15-34)32-36-3-10-46-48(28-36)59(2)53(67)63(46)47-11-12-49(64)56-51(47)65/h3-10,13,20,28-31,34-35,38,47H,11-12,14-19,21-27,32-33H2,1-2H3,(H,55,57)(H,56,64,65). The van der Waals surface area contributed by atoms with Crippen LogP contribution in [0.4, 0.5) is 0 Å². The van der Waals surface area contributed by atoms with Gasteiger partial charge in [0.15, 0.2) is 0 Å². The second-order valence-corrected chi connectivity index (χ2v) is 19.8. The molecule has 7 aromatic rings. The maximum absolute atomic E-state index is 13.7. The van der Waals surface area contributed by atoms with Gasteiger partial charge in [0.25, 0.3) is 5.91 Å². The molecule has 2 N–H and O–H groups in total. The molecule has 4 aromatic heterocycles. The molecule has 0 radical (unpaired) electrons. The fourth-order valence-corrected chi connectivity index (χ4v) is 11.7. The van der Waals surface area contributed by atoms with E-state index < -0.39 is 11.9 Å². The average Bonchev–Trinajstić information content (AvgIpc) is 4.03. The van der Waals surface area contributed by atoms with Crippen LogP contribution >= 0.6 is 0 Å². The molecule has 14 heteroatoms. The highest BCUT2D eigenvalue weighted by molar-refractivity contribution is 6.00. The molecule has 3 amide bonds. The number of pyridine rings is 1. The van der Waals surface area contributed by atoms with Crippen molar-refractivity contribution in [2.45, 2.75) is 82.8 Å². The number of aromatic nitrogens is 6. The lowest BCUT2D eigenvalue weighted by molar-refractivity contribution is -0.135. The van der Waals surface area contributed by atoms with Crippen LogP contribution in [-0.2, 0) is 36.8 Å². The van der Waals surface area contributed by atoms with Crippen molar-refractivity contribution in [3.8, 4) is 11.1 Å². The van der Waals surface area contributed by atoms with Gasteiger partial charge in [0, 0.05) is 74.9 Å². The topological polar surface area (TPSA) is 146 Å². The van der Waals surface area contributed by atoms with E-state index in [4.69, 9.17) is 4.98 Å². The van der Waals surface area contributed by atoms with E-state index >= 15 is 0 Å². The summed E-state index contributed by atoms with van der Waals surface area (Å²) in [6, 6.07) is 24.8. The first kappa shape index (κ1) is 43.2. The van der Waals surface area contributed by atoms with Crippen molar-refractivity contribution in [3.63, 3.8) is 0 Å². The molecule has 14 nitrogen and oxygen atoms in total. The Balaban J connectivity index is 0.625. The summed E-state index contributed by atoms with van der Waals surface area (Å²) in [5.41, 5.74) is 10.2. The van der Waals surface area contributed by atoms with Gasteiger partial charge in [0.2, 0.25) is 11.8 Å². The molecular formula is C53H60N10O4. The Kier molecular flexibility index (Phi) is 11.6. The summed E-state index contributed by atoms with van der Waals surface area (Å²) in [7, 11) is 3.88. The van der Waals surface area contributed by atoms with E-state index in [9.17, 15) is 19.2 Å². The van der Waals surface area contributed by atoms with Crippen LogP contribution in [0.2, 0.25) is 0 Å². The number of nitrogens with one attached hydrogen (secondary N) is 2.